The van der Waals surface area contributed by atoms with Crippen molar-refractivity contribution in [1.29, 1.82) is 0 Å². The van der Waals surface area contributed by atoms with E-state index in [4.69, 9.17) is 0 Å². The van der Waals surface area contributed by atoms with Crippen LogP contribution in [0.15, 0.2) is 24.3 Å². The van der Waals surface area contributed by atoms with Crippen molar-refractivity contribution < 1.29 is 9.59 Å². The number of nitrogens with zero attached hydrogens (tertiary/aromatic N) is 2. The maximum absolute atomic E-state index is 12.5. The van der Waals surface area contributed by atoms with Crippen LogP contribution in [0.5, 0.6) is 0 Å². The summed E-state index contributed by atoms with van der Waals surface area (Å²) < 4.78 is 0. The monoisotopic (exact) mass is 314 g/mol. The highest BCUT2D eigenvalue weighted by molar-refractivity contribution is 5.80. The molecule has 4 nitrogen and oxygen atoms in total. The first-order valence-corrected chi connectivity index (χ1v) is 8.75. The fourth-order valence-electron chi connectivity index (χ4n) is 3.41. The molecule has 4 heteroatoms. The molecule has 0 aromatic heterocycles. The smallest absolute Gasteiger partial charge is 0.227 e. The fraction of sp³-hybridized carbons (Fsp3) is 0.579. The van der Waals surface area contributed by atoms with Crippen molar-refractivity contribution in [3.63, 3.8) is 0 Å². The van der Waals surface area contributed by atoms with Crippen LogP contribution in [-0.4, -0.2) is 47.8 Å². The molecule has 2 amide bonds. The van der Waals surface area contributed by atoms with Crippen LogP contribution in [0.25, 0.3) is 0 Å². The van der Waals surface area contributed by atoms with E-state index in [0.29, 0.717) is 25.4 Å². The van der Waals surface area contributed by atoms with Gasteiger partial charge < -0.3 is 9.80 Å². The predicted octanol–water partition coefficient (Wildman–Crippen LogP) is 2.40. The molecule has 0 spiro atoms. The number of hydrogen-bond acceptors (Lipinski definition) is 2. The lowest BCUT2D eigenvalue weighted by Crippen LogP contribution is -2.41. The summed E-state index contributed by atoms with van der Waals surface area (Å²) in [7, 11) is 0. The van der Waals surface area contributed by atoms with Crippen LogP contribution in [0.4, 0.5) is 0 Å². The van der Waals surface area contributed by atoms with Crippen LogP contribution < -0.4 is 0 Å². The Kier molecular flexibility index (Phi) is 4.99. The standard InChI is InChI=1S/C19H26N2O2/c1-15-5-2-6-16(13-15)14-18(22)20-9-4-10-21(12-11-20)19(23)17-7-3-8-17/h2,5-6,13,17H,3-4,7-12,14H2,1H3. The normalized spacial score (nSPS) is 19.2. The second-order valence-corrected chi connectivity index (χ2v) is 6.85. The van der Waals surface area contributed by atoms with Gasteiger partial charge in [0.25, 0.3) is 0 Å². The molecule has 0 N–H and O–H groups in total. The van der Waals surface area contributed by atoms with Gasteiger partial charge in [-0.05, 0) is 31.7 Å². The molecule has 1 aromatic carbocycles. The number of carbonyl (C=O) groups is 2. The lowest BCUT2D eigenvalue weighted by Gasteiger charge is -2.31. The maximum Gasteiger partial charge on any atom is 0.227 e. The van der Waals surface area contributed by atoms with Crippen LogP contribution >= 0.6 is 0 Å². The molecule has 23 heavy (non-hydrogen) atoms. The topological polar surface area (TPSA) is 40.6 Å². The fourth-order valence-corrected chi connectivity index (χ4v) is 3.41. The number of carbonyl (C=O) groups excluding carboxylic acids is 2. The summed E-state index contributed by atoms with van der Waals surface area (Å²) in [6, 6.07) is 8.13. The van der Waals surface area contributed by atoms with E-state index in [9.17, 15) is 9.59 Å². The molecule has 1 aliphatic heterocycles. The first kappa shape index (κ1) is 16.0. The van der Waals surface area contributed by atoms with Crippen LogP contribution in [0.1, 0.15) is 36.8 Å². The average molecular weight is 314 g/mol. The predicted molar refractivity (Wildman–Crippen MR) is 90.0 cm³/mol. The molecule has 0 atom stereocenters. The maximum atomic E-state index is 12.5. The molecular formula is C19H26N2O2. The van der Waals surface area contributed by atoms with Gasteiger partial charge in [-0.15, -0.1) is 0 Å². The summed E-state index contributed by atoms with van der Waals surface area (Å²) >= 11 is 0. The van der Waals surface area contributed by atoms with Gasteiger partial charge in [0.2, 0.25) is 11.8 Å². The summed E-state index contributed by atoms with van der Waals surface area (Å²) in [5.41, 5.74) is 2.25. The minimum atomic E-state index is 0.175. The number of rotatable bonds is 3. The van der Waals surface area contributed by atoms with E-state index in [1.54, 1.807) is 0 Å². The highest BCUT2D eigenvalue weighted by Crippen LogP contribution is 2.28. The van der Waals surface area contributed by atoms with E-state index >= 15 is 0 Å². The van der Waals surface area contributed by atoms with Crippen molar-refractivity contribution in [1.82, 2.24) is 9.80 Å². The SMILES string of the molecule is Cc1cccc(CC(=O)N2CCCN(C(=O)C3CCC3)CC2)c1. The van der Waals surface area contributed by atoms with E-state index in [2.05, 4.69) is 6.07 Å². The number of aryl methyl sites for hydroxylation is 1. The van der Waals surface area contributed by atoms with E-state index in [0.717, 1.165) is 37.9 Å². The van der Waals surface area contributed by atoms with Crippen molar-refractivity contribution in [3.05, 3.63) is 35.4 Å². The second kappa shape index (κ2) is 7.16. The Balaban J connectivity index is 1.54. The average Bonchev–Trinajstić information content (AvgIpc) is 2.71. The minimum Gasteiger partial charge on any atom is -0.341 e. The molecule has 124 valence electrons. The lowest BCUT2D eigenvalue weighted by molar-refractivity contribution is -0.138. The zero-order chi connectivity index (χ0) is 16.2. The number of benzene rings is 1. The van der Waals surface area contributed by atoms with Gasteiger partial charge in [-0.1, -0.05) is 36.2 Å². The highest BCUT2D eigenvalue weighted by Gasteiger charge is 2.30. The molecule has 1 aromatic rings. The third-order valence-corrected chi connectivity index (χ3v) is 5.05. The Hall–Kier alpha value is -1.84. The summed E-state index contributed by atoms with van der Waals surface area (Å²) in [6.45, 7) is 4.96. The molecule has 1 saturated heterocycles. The van der Waals surface area contributed by atoms with Crippen molar-refractivity contribution in [2.45, 2.75) is 39.0 Å². The van der Waals surface area contributed by atoms with Crippen molar-refractivity contribution in [2.24, 2.45) is 5.92 Å². The van der Waals surface area contributed by atoms with Gasteiger partial charge in [-0.2, -0.15) is 0 Å². The van der Waals surface area contributed by atoms with Gasteiger partial charge >= 0.3 is 0 Å². The summed E-state index contributed by atoms with van der Waals surface area (Å²) in [6.07, 6.45) is 4.62. The second-order valence-electron chi connectivity index (χ2n) is 6.85. The van der Waals surface area contributed by atoms with Gasteiger partial charge in [0.05, 0.1) is 6.42 Å². The van der Waals surface area contributed by atoms with Crippen molar-refractivity contribution in [3.8, 4) is 0 Å². The van der Waals surface area contributed by atoms with E-state index in [-0.39, 0.29) is 11.8 Å². The Morgan fingerprint density at radius 1 is 1.04 bits per heavy atom. The lowest BCUT2D eigenvalue weighted by atomic mass is 9.84. The Morgan fingerprint density at radius 3 is 2.48 bits per heavy atom. The third-order valence-electron chi connectivity index (χ3n) is 5.05. The molecular weight excluding hydrogens is 288 g/mol. The van der Waals surface area contributed by atoms with Gasteiger partial charge in [-0.25, -0.2) is 0 Å². The molecule has 1 aliphatic carbocycles. The summed E-state index contributed by atoms with van der Waals surface area (Å²) in [5, 5.41) is 0. The van der Waals surface area contributed by atoms with E-state index in [1.165, 1.54) is 12.0 Å². The molecule has 0 bridgehead atoms. The highest BCUT2D eigenvalue weighted by atomic mass is 16.2. The summed E-state index contributed by atoms with van der Waals surface area (Å²) in [5.74, 6) is 0.738. The summed E-state index contributed by atoms with van der Waals surface area (Å²) in [4.78, 5) is 28.8. The first-order chi connectivity index (χ1) is 11.1. The van der Waals surface area contributed by atoms with Gasteiger partial charge in [0, 0.05) is 32.1 Å². The Bertz CT molecular complexity index is 580. The van der Waals surface area contributed by atoms with E-state index < -0.39 is 0 Å². The number of amides is 2. The van der Waals surface area contributed by atoms with Crippen molar-refractivity contribution >= 4 is 11.8 Å². The van der Waals surface area contributed by atoms with Crippen LogP contribution in [0, 0.1) is 12.8 Å². The molecule has 2 aliphatic rings. The molecule has 2 fully saturated rings. The van der Waals surface area contributed by atoms with Gasteiger partial charge in [0.1, 0.15) is 0 Å². The largest absolute Gasteiger partial charge is 0.341 e. The van der Waals surface area contributed by atoms with Gasteiger partial charge in [-0.3, -0.25) is 9.59 Å². The van der Waals surface area contributed by atoms with Crippen LogP contribution in [0.3, 0.4) is 0 Å². The molecule has 3 rings (SSSR count). The first-order valence-electron chi connectivity index (χ1n) is 8.75. The molecule has 0 unspecified atom stereocenters. The molecule has 1 saturated carbocycles. The minimum absolute atomic E-state index is 0.175. The number of hydrogen-bond donors (Lipinski definition) is 0. The quantitative estimate of drug-likeness (QED) is 0.859. The Labute approximate surface area is 138 Å². The Morgan fingerprint density at radius 2 is 1.78 bits per heavy atom. The molecule has 1 heterocycles. The third kappa shape index (κ3) is 3.92. The zero-order valence-corrected chi connectivity index (χ0v) is 14.0. The van der Waals surface area contributed by atoms with Crippen molar-refractivity contribution in [2.75, 3.05) is 26.2 Å². The molecule has 0 radical (unpaired) electrons. The van der Waals surface area contributed by atoms with Crippen LogP contribution in [-0.2, 0) is 16.0 Å². The van der Waals surface area contributed by atoms with Gasteiger partial charge in [0.15, 0.2) is 0 Å². The van der Waals surface area contributed by atoms with E-state index in [1.807, 2.05) is 34.9 Å². The van der Waals surface area contributed by atoms with Crippen LogP contribution in [0.2, 0.25) is 0 Å². The zero-order valence-electron chi connectivity index (χ0n) is 14.0.